The van der Waals surface area contributed by atoms with Crippen molar-refractivity contribution < 1.29 is 8.60 Å². The molecule has 2 aromatic carbocycles. The SMILES string of the molecule is Cn1c(C[S@](=O)Cc2ccc(Cl)cc2Cl)nnc1SCc1c(F)cccc1Cl. The van der Waals surface area contributed by atoms with Crippen LogP contribution in [0.15, 0.2) is 41.6 Å². The van der Waals surface area contributed by atoms with E-state index >= 15 is 0 Å². The largest absolute Gasteiger partial charge is 0.308 e. The molecule has 1 heterocycles. The lowest BCUT2D eigenvalue weighted by Crippen LogP contribution is -2.06. The van der Waals surface area contributed by atoms with Crippen molar-refractivity contribution in [3.05, 3.63) is 74.2 Å². The summed E-state index contributed by atoms with van der Waals surface area (Å²) in [7, 11) is 0.561. The van der Waals surface area contributed by atoms with Crippen LogP contribution in [-0.4, -0.2) is 19.0 Å². The minimum atomic E-state index is -1.22. The van der Waals surface area contributed by atoms with Crippen LogP contribution in [0.2, 0.25) is 15.1 Å². The van der Waals surface area contributed by atoms with Gasteiger partial charge in [0.15, 0.2) is 5.16 Å². The molecule has 3 aromatic rings. The second-order valence-electron chi connectivity index (χ2n) is 5.91. The standard InChI is InChI=1S/C18H15Cl3FN3OS2/c1-25-17(10-28(26)9-11-5-6-12(19)7-15(11)21)23-24-18(25)27-8-13-14(20)3-2-4-16(13)22/h2-7H,8-10H2,1H3/t28-/m1/s1. The molecule has 1 atom stereocenters. The van der Waals surface area contributed by atoms with E-state index in [0.717, 1.165) is 5.56 Å². The molecule has 0 radical (unpaired) electrons. The number of nitrogens with zero attached hydrogens (tertiary/aromatic N) is 3. The summed E-state index contributed by atoms with van der Waals surface area (Å²) in [4.78, 5) is 0. The van der Waals surface area contributed by atoms with Crippen molar-refractivity contribution in [2.45, 2.75) is 22.4 Å². The number of hydrogen-bond donors (Lipinski definition) is 0. The lowest BCUT2D eigenvalue weighted by atomic mass is 10.2. The highest BCUT2D eigenvalue weighted by Crippen LogP contribution is 2.28. The predicted molar refractivity (Wildman–Crippen MR) is 114 cm³/mol. The zero-order valence-corrected chi connectivity index (χ0v) is 18.6. The molecule has 0 unspecified atom stereocenters. The van der Waals surface area contributed by atoms with Crippen LogP contribution in [0.5, 0.6) is 0 Å². The van der Waals surface area contributed by atoms with Crippen molar-refractivity contribution in [1.29, 1.82) is 0 Å². The van der Waals surface area contributed by atoms with Crippen molar-refractivity contribution in [3.63, 3.8) is 0 Å². The molecule has 0 fully saturated rings. The fraction of sp³-hybridized carbons (Fsp3) is 0.222. The van der Waals surface area contributed by atoms with Crippen LogP contribution in [0.3, 0.4) is 0 Å². The topological polar surface area (TPSA) is 47.8 Å². The van der Waals surface area contributed by atoms with Crippen LogP contribution < -0.4 is 0 Å². The lowest BCUT2D eigenvalue weighted by Gasteiger charge is -2.07. The van der Waals surface area contributed by atoms with Gasteiger partial charge in [0, 0.05) is 44.2 Å². The fourth-order valence-corrected chi connectivity index (χ4v) is 5.48. The monoisotopic (exact) mass is 477 g/mol. The number of benzene rings is 2. The Hall–Kier alpha value is -1.12. The predicted octanol–water partition coefficient (Wildman–Crippen LogP) is 5.66. The summed E-state index contributed by atoms with van der Waals surface area (Å²) in [5, 5.41) is 10.2. The van der Waals surface area contributed by atoms with Crippen LogP contribution in [0.25, 0.3) is 0 Å². The van der Waals surface area contributed by atoms with Crippen molar-refractivity contribution in [2.24, 2.45) is 7.05 Å². The van der Waals surface area contributed by atoms with Gasteiger partial charge in [-0.05, 0) is 29.8 Å². The first-order chi connectivity index (χ1) is 13.3. The molecule has 0 bridgehead atoms. The smallest absolute Gasteiger partial charge is 0.191 e. The van der Waals surface area contributed by atoms with E-state index in [1.54, 1.807) is 41.9 Å². The van der Waals surface area contributed by atoms with Gasteiger partial charge in [0.05, 0.1) is 11.5 Å². The highest BCUT2D eigenvalue weighted by atomic mass is 35.5. The highest BCUT2D eigenvalue weighted by Gasteiger charge is 2.15. The van der Waals surface area contributed by atoms with E-state index in [1.807, 2.05) is 0 Å². The summed E-state index contributed by atoms with van der Waals surface area (Å²) < 4.78 is 28.2. The molecule has 3 rings (SSSR count). The Morgan fingerprint density at radius 2 is 1.89 bits per heavy atom. The lowest BCUT2D eigenvalue weighted by molar-refractivity contribution is 0.617. The Kier molecular flexibility index (Phi) is 7.39. The van der Waals surface area contributed by atoms with E-state index in [4.69, 9.17) is 34.8 Å². The van der Waals surface area contributed by atoms with Crippen LogP contribution in [-0.2, 0) is 35.1 Å². The highest BCUT2D eigenvalue weighted by molar-refractivity contribution is 7.98. The first-order valence-electron chi connectivity index (χ1n) is 8.08. The van der Waals surface area contributed by atoms with Crippen LogP contribution in [0, 0.1) is 5.82 Å². The third-order valence-electron chi connectivity index (χ3n) is 3.95. The molecule has 0 saturated heterocycles. The summed E-state index contributed by atoms with van der Waals surface area (Å²) in [6.07, 6.45) is 0. The van der Waals surface area contributed by atoms with Gasteiger partial charge < -0.3 is 4.57 Å². The van der Waals surface area contributed by atoms with Gasteiger partial charge in [0.25, 0.3) is 0 Å². The van der Waals surface area contributed by atoms with Gasteiger partial charge in [0.2, 0.25) is 0 Å². The van der Waals surface area contributed by atoms with E-state index in [0.29, 0.717) is 37.4 Å². The molecule has 0 N–H and O–H groups in total. The molecule has 0 aliphatic heterocycles. The van der Waals surface area contributed by atoms with Gasteiger partial charge in [0.1, 0.15) is 11.6 Å². The molecular weight excluding hydrogens is 464 g/mol. The normalized spacial score (nSPS) is 12.3. The third kappa shape index (κ3) is 5.27. The molecule has 0 amide bonds. The van der Waals surface area contributed by atoms with Crippen molar-refractivity contribution in [3.8, 4) is 0 Å². The Labute approximate surface area is 183 Å². The fourth-order valence-electron chi connectivity index (χ4n) is 2.41. The maximum absolute atomic E-state index is 13.9. The molecule has 0 saturated carbocycles. The second-order valence-corrected chi connectivity index (χ2v) is 9.56. The van der Waals surface area contributed by atoms with Gasteiger partial charge in [-0.3, -0.25) is 4.21 Å². The quantitative estimate of drug-likeness (QED) is 0.411. The van der Waals surface area contributed by atoms with Gasteiger partial charge in [-0.2, -0.15) is 0 Å². The van der Waals surface area contributed by atoms with Crippen LogP contribution >= 0.6 is 46.6 Å². The van der Waals surface area contributed by atoms with E-state index in [9.17, 15) is 8.60 Å². The second kappa shape index (κ2) is 9.59. The summed E-state index contributed by atoms with van der Waals surface area (Å²) in [6, 6.07) is 9.68. The molecular formula is C18H15Cl3FN3OS2. The first-order valence-corrected chi connectivity index (χ1v) is 11.7. The third-order valence-corrected chi connectivity index (χ3v) is 7.15. The van der Waals surface area contributed by atoms with E-state index < -0.39 is 10.8 Å². The van der Waals surface area contributed by atoms with Crippen LogP contribution in [0.4, 0.5) is 4.39 Å². The Bertz CT molecular complexity index is 1010. The summed E-state index contributed by atoms with van der Waals surface area (Å²) in [6.45, 7) is 0. The zero-order chi connectivity index (χ0) is 20.3. The van der Waals surface area contributed by atoms with Gasteiger partial charge in [-0.1, -0.05) is 58.7 Å². The molecule has 28 heavy (non-hydrogen) atoms. The van der Waals surface area contributed by atoms with Crippen LogP contribution in [0.1, 0.15) is 17.0 Å². The molecule has 0 aliphatic rings. The van der Waals surface area contributed by atoms with Gasteiger partial charge in [-0.15, -0.1) is 10.2 Å². The van der Waals surface area contributed by atoms with Gasteiger partial charge >= 0.3 is 0 Å². The summed E-state index contributed by atoms with van der Waals surface area (Å²) in [5.41, 5.74) is 1.18. The zero-order valence-electron chi connectivity index (χ0n) is 14.7. The van der Waals surface area contributed by atoms with E-state index in [1.165, 1.54) is 17.8 Å². The number of hydrogen-bond acceptors (Lipinski definition) is 4. The minimum Gasteiger partial charge on any atom is -0.308 e. The summed E-state index contributed by atoms with van der Waals surface area (Å²) in [5.74, 6) is 1.05. The number of halogens is 4. The molecule has 148 valence electrons. The molecule has 1 aromatic heterocycles. The molecule has 0 aliphatic carbocycles. The number of thioether (sulfide) groups is 1. The number of rotatable bonds is 7. The van der Waals surface area contributed by atoms with Crippen molar-refractivity contribution in [2.75, 3.05) is 0 Å². The maximum atomic E-state index is 13.9. The minimum absolute atomic E-state index is 0.226. The average molecular weight is 479 g/mol. The molecule has 0 spiro atoms. The Morgan fingerprint density at radius 3 is 2.61 bits per heavy atom. The van der Waals surface area contributed by atoms with E-state index in [-0.39, 0.29) is 17.3 Å². The molecule has 10 heteroatoms. The summed E-state index contributed by atoms with van der Waals surface area (Å²) >= 11 is 19.4. The molecule has 4 nitrogen and oxygen atoms in total. The van der Waals surface area contributed by atoms with Gasteiger partial charge in [-0.25, -0.2) is 4.39 Å². The average Bonchev–Trinajstić information content (AvgIpc) is 2.97. The first kappa shape index (κ1) is 21.6. The van der Waals surface area contributed by atoms with E-state index in [2.05, 4.69) is 10.2 Å². The van der Waals surface area contributed by atoms with Crippen molar-refractivity contribution >= 4 is 57.4 Å². The Morgan fingerprint density at radius 1 is 1.11 bits per heavy atom. The maximum Gasteiger partial charge on any atom is 0.191 e. The Balaban J connectivity index is 1.65. The van der Waals surface area contributed by atoms with Crippen molar-refractivity contribution in [1.82, 2.24) is 14.8 Å². The number of aromatic nitrogens is 3.